The second-order valence-electron chi connectivity index (χ2n) is 4.95. The summed E-state index contributed by atoms with van der Waals surface area (Å²) < 4.78 is 0. The molecule has 0 fully saturated rings. The molecule has 2 rings (SSSR count). The molecule has 0 aliphatic carbocycles. The van der Waals surface area contributed by atoms with E-state index in [0.29, 0.717) is 19.5 Å². The van der Waals surface area contributed by atoms with E-state index in [1.165, 1.54) is 5.56 Å². The standard InChI is InChI=1S/C15H22N2O2/c1-2-16-10-13(18)11-17-14-8-4-3-6-12(14)7-5-9-15(17)19/h3-4,6,8,13,16,18H,2,5,7,9-11H2,1H3. The highest BCUT2D eigenvalue weighted by molar-refractivity contribution is 5.94. The van der Waals surface area contributed by atoms with E-state index in [1.807, 2.05) is 25.1 Å². The number of aliphatic hydroxyl groups excluding tert-OH is 1. The predicted octanol–water partition coefficient (Wildman–Crippen LogP) is 1.33. The summed E-state index contributed by atoms with van der Waals surface area (Å²) in [6.45, 7) is 3.70. The molecule has 0 spiro atoms. The quantitative estimate of drug-likeness (QED) is 0.841. The lowest BCUT2D eigenvalue weighted by Crippen LogP contribution is -2.41. The first-order valence-corrected chi connectivity index (χ1v) is 6.99. The van der Waals surface area contributed by atoms with Crippen molar-refractivity contribution in [3.05, 3.63) is 29.8 Å². The molecule has 1 atom stereocenters. The average molecular weight is 262 g/mol. The second-order valence-corrected chi connectivity index (χ2v) is 4.95. The highest BCUT2D eigenvalue weighted by Crippen LogP contribution is 2.26. The number of hydrogen-bond acceptors (Lipinski definition) is 3. The van der Waals surface area contributed by atoms with Crippen molar-refractivity contribution in [3.8, 4) is 0 Å². The Labute approximate surface area is 114 Å². The molecule has 104 valence electrons. The number of carbonyl (C=O) groups is 1. The zero-order valence-corrected chi connectivity index (χ0v) is 11.4. The Morgan fingerprint density at radius 3 is 2.95 bits per heavy atom. The topological polar surface area (TPSA) is 52.6 Å². The van der Waals surface area contributed by atoms with Crippen molar-refractivity contribution < 1.29 is 9.90 Å². The lowest BCUT2D eigenvalue weighted by molar-refractivity contribution is -0.118. The predicted molar refractivity (Wildman–Crippen MR) is 76.3 cm³/mol. The van der Waals surface area contributed by atoms with Crippen LogP contribution in [-0.4, -0.2) is 36.8 Å². The minimum Gasteiger partial charge on any atom is -0.390 e. The summed E-state index contributed by atoms with van der Waals surface area (Å²) in [6, 6.07) is 7.99. The normalized spacial score (nSPS) is 16.9. The van der Waals surface area contributed by atoms with Gasteiger partial charge in [0, 0.05) is 18.7 Å². The molecule has 2 N–H and O–H groups in total. The van der Waals surface area contributed by atoms with E-state index in [1.54, 1.807) is 4.90 Å². The first kappa shape index (κ1) is 14.0. The van der Waals surface area contributed by atoms with Gasteiger partial charge in [0.05, 0.1) is 12.6 Å². The van der Waals surface area contributed by atoms with Crippen LogP contribution in [0.5, 0.6) is 0 Å². The molecule has 1 aromatic rings. The first-order chi connectivity index (χ1) is 9.22. The van der Waals surface area contributed by atoms with Gasteiger partial charge in [0.15, 0.2) is 0 Å². The largest absolute Gasteiger partial charge is 0.390 e. The van der Waals surface area contributed by atoms with Gasteiger partial charge in [0.2, 0.25) is 5.91 Å². The third-order valence-corrected chi connectivity index (χ3v) is 3.44. The Morgan fingerprint density at radius 2 is 2.16 bits per heavy atom. The number of benzene rings is 1. The Morgan fingerprint density at radius 1 is 1.37 bits per heavy atom. The number of anilines is 1. The summed E-state index contributed by atoms with van der Waals surface area (Å²) in [5.41, 5.74) is 2.16. The molecule has 1 aliphatic rings. The van der Waals surface area contributed by atoms with E-state index in [2.05, 4.69) is 11.4 Å². The molecule has 4 nitrogen and oxygen atoms in total. The molecule has 1 aliphatic heterocycles. The number of hydrogen-bond donors (Lipinski definition) is 2. The van der Waals surface area contributed by atoms with Crippen molar-refractivity contribution in [2.75, 3.05) is 24.5 Å². The summed E-state index contributed by atoms with van der Waals surface area (Å²) >= 11 is 0. The van der Waals surface area contributed by atoms with Gasteiger partial charge in [-0.2, -0.15) is 0 Å². The van der Waals surface area contributed by atoms with Gasteiger partial charge in [0.1, 0.15) is 0 Å². The molecule has 0 saturated heterocycles. The van der Waals surface area contributed by atoms with Crippen LogP contribution in [0.4, 0.5) is 5.69 Å². The maximum absolute atomic E-state index is 12.2. The second kappa shape index (κ2) is 6.68. The zero-order valence-electron chi connectivity index (χ0n) is 11.4. The van der Waals surface area contributed by atoms with Crippen LogP contribution in [0.15, 0.2) is 24.3 Å². The minimum absolute atomic E-state index is 0.112. The number of nitrogens with one attached hydrogen (secondary N) is 1. The lowest BCUT2D eigenvalue weighted by atomic mass is 10.1. The molecule has 1 heterocycles. The number of para-hydroxylation sites is 1. The highest BCUT2D eigenvalue weighted by Gasteiger charge is 2.23. The van der Waals surface area contributed by atoms with Crippen molar-refractivity contribution in [2.45, 2.75) is 32.3 Å². The van der Waals surface area contributed by atoms with Crippen LogP contribution in [0, 0.1) is 0 Å². The average Bonchev–Trinajstić information content (AvgIpc) is 2.57. The fourth-order valence-corrected chi connectivity index (χ4v) is 2.47. The maximum atomic E-state index is 12.2. The Bertz CT molecular complexity index is 434. The van der Waals surface area contributed by atoms with Crippen LogP contribution < -0.4 is 10.2 Å². The number of rotatable bonds is 5. The van der Waals surface area contributed by atoms with Crippen LogP contribution in [-0.2, 0) is 11.2 Å². The van der Waals surface area contributed by atoms with Crippen LogP contribution >= 0.6 is 0 Å². The monoisotopic (exact) mass is 262 g/mol. The van der Waals surface area contributed by atoms with E-state index in [4.69, 9.17) is 0 Å². The molecule has 0 saturated carbocycles. The molecule has 0 bridgehead atoms. The van der Waals surface area contributed by atoms with Crippen LogP contribution in [0.3, 0.4) is 0 Å². The maximum Gasteiger partial charge on any atom is 0.227 e. The van der Waals surface area contributed by atoms with Gasteiger partial charge in [-0.05, 0) is 31.0 Å². The molecule has 19 heavy (non-hydrogen) atoms. The number of likely N-dealkylation sites (N-methyl/N-ethyl adjacent to an activating group) is 1. The zero-order chi connectivity index (χ0) is 13.7. The Balaban J connectivity index is 2.14. The van der Waals surface area contributed by atoms with Gasteiger partial charge in [-0.15, -0.1) is 0 Å². The van der Waals surface area contributed by atoms with Gasteiger partial charge in [-0.25, -0.2) is 0 Å². The number of β-amino-alcohol motifs (C(OH)–C–C–N with tert-alkyl or cyclic N) is 1. The van der Waals surface area contributed by atoms with Gasteiger partial charge in [-0.1, -0.05) is 25.1 Å². The van der Waals surface area contributed by atoms with E-state index < -0.39 is 6.10 Å². The van der Waals surface area contributed by atoms with Crippen LogP contribution in [0.25, 0.3) is 0 Å². The van der Waals surface area contributed by atoms with Gasteiger partial charge >= 0.3 is 0 Å². The molecule has 1 aromatic carbocycles. The summed E-state index contributed by atoms with van der Waals surface area (Å²) in [5, 5.41) is 13.1. The van der Waals surface area contributed by atoms with Crippen molar-refractivity contribution in [1.82, 2.24) is 5.32 Å². The lowest BCUT2D eigenvalue weighted by Gasteiger charge is -2.25. The van der Waals surface area contributed by atoms with Gasteiger partial charge in [0.25, 0.3) is 0 Å². The summed E-state index contributed by atoms with van der Waals surface area (Å²) in [6.07, 6.45) is 1.84. The molecular formula is C15H22N2O2. The number of fused-ring (bicyclic) bond motifs is 1. The van der Waals surface area contributed by atoms with E-state index in [9.17, 15) is 9.90 Å². The fraction of sp³-hybridized carbons (Fsp3) is 0.533. The van der Waals surface area contributed by atoms with E-state index >= 15 is 0 Å². The van der Waals surface area contributed by atoms with Crippen LogP contribution in [0.1, 0.15) is 25.3 Å². The summed E-state index contributed by atoms with van der Waals surface area (Å²) in [7, 11) is 0. The minimum atomic E-state index is -0.532. The SMILES string of the molecule is CCNCC(O)CN1C(=O)CCCc2ccccc21. The smallest absolute Gasteiger partial charge is 0.227 e. The summed E-state index contributed by atoms with van der Waals surface area (Å²) in [5.74, 6) is 0.112. The number of aliphatic hydroxyl groups is 1. The molecule has 0 aromatic heterocycles. The third-order valence-electron chi connectivity index (χ3n) is 3.44. The van der Waals surface area contributed by atoms with Crippen molar-refractivity contribution in [1.29, 1.82) is 0 Å². The number of carbonyl (C=O) groups excluding carboxylic acids is 1. The molecule has 0 radical (unpaired) electrons. The van der Waals surface area contributed by atoms with Crippen molar-refractivity contribution in [3.63, 3.8) is 0 Å². The number of amides is 1. The van der Waals surface area contributed by atoms with Crippen molar-refractivity contribution in [2.24, 2.45) is 0 Å². The van der Waals surface area contributed by atoms with E-state index in [0.717, 1.165) is 25.1 Å². The third kappa shape index (κ3) is 3.55. The molecular weight excluding hydrogens is 240 g/mol. The Hall–Kier alpha value is -1.39. The van der Waals surface area contributed by atoms with E-state index in [-0.39, 0.29) is 5.91 Å². The molecule has 1 unspecified atom stereocenters. The van der Waals surface area contributed by atoms with Gasteiger partial charge in [-0.3, -0.25) is 4.79 Å². The number of aryl methyl sites for hydroxylation is 1. The highest BCUT2D eigenvalue weighted by atomic mass is 16.3. The molecule has 4 heteroatoms. The van der Waals surface area contributed by atoms with Gasteiger partial charge < -0.3 is 15.3 Å². The van der Waals surface area contributed by atoms with Crippen LogP contribution in [0.2, 0.25) is 0 Å². The Kier molecular flexibility index (Phi) is 4.93. The fourth-order valence-electron chi connectivity index (χ4n) is 2.47. The first-order valence-electron chi connectivity index (χ1n) is 6.99. The number of nitrogens with zero attached hydrogens (tertiary/aromatic N) is 1. The molecule has 1 amide bonds. The van der Waals surface area contributed by atoms with Crippen molar-refractivity contribution >= 4 is 11.6 Å². The summed E-state index contributed by atoms with van der Waals surface area (Å²) in [4.78, 5) is 13.9.